The van der Waals surface area contributed by atoms with Gasteiger partial charge in [-0.15, -0.1) is 0 Å². The van der Waals surface area contributed by atoms with E-state index >= 15 is 0 Å². The third kappa shape index (κ3) is 1.89. The van der Waals surface area contributed by atoms with Gasteiger partial charge in [0, 0.05) is 0 Å². The van der Waals surface area contributed by atoms with Crippen molar-refractivity contribution in [1.29, 1.82) is 0 Å². The van der Waals surface area contributed by atoms with E-state index in [1.54, 1.807) is 0 Å². The molecule has 1 aliphatic rings. The molecule has 0 amide bonds. The van der Waals surface area contributed by atoms with Crippen molar-refractivity contribution in [2.75, 3.05) is 0 Å². The van der Waals surface area contributed by atoms with Gasteiger partial charge in [0.1, 0.15) is 0 Å². The van der Waals surface area contributed by atoms with E-state index in [9.17, 15) is 10.0 Å². The van der Waals surface area contributed by atoms with Crippen LogP contribution in [-0.2, 0) is 19.3 Å². The molecule has 20 heavy (non-hydrogen) atoms. The van der Waals surface area contributed by atoms with E-state index in [1.165, 1.54) is 27.8 Å². The normalized spacial score (nSPS) is 12.2. The first kappa shape index (κ1) is 13.4. The SMILES string of the molecule is CCc1c(B(O)O)cc2c(c1CC)Cc1ccccc1-2. The van der Waals surface area contributed by atoms with Crippen molar-refractivity contribution in [3.63, 3.8) is 0 Å². The molecule has 1 aliphatic carbocycles. The van der Waals surface area contributed by atoms with Crippen LogP contribution in [0.1, 0.15) is 36.1 Å². The third-order valence-electron chi connectivity index (χ3n) is 4.36. The molecule has 2 nitrogen and oxygen atoms in total. The van der Waals surface area contributed by atoms with E-state index in [0.29, 0.717) is 5.46 Å². The molecule has 3 rings (SSSR count). The van der Waals surface area contributed by atoms with Crippen LogP contribution in [0, 0.1) is 0 Å². The molecule has 0 spiro atoms. The summed E-state index contributed by atoms with van der Waals surface area (Å²) in [6.45, 7) is 4.22. The summed E-state index contributed by atoms with van der Waals surface area (Å²) in [5, 5.41) is 19.4. The van der Waals surface area contributed by atoms with Crippen molar-refractivity contribution in [3.8, 4) is 11.1 Å². The molecule has 0 saturated heterocycles. The zero-order valence-corrected chi connectivity index (χ0v) is 12.0. The Labute approximate surface area is 120 Å². The molecule has 0 atom stereocenters. The Kier molecular flexibility index (Phi) is 3.40. The van der Waals surface area contributed by atoms with Gasteiger partial charge in [-0.05, 0) is 58.1 Å². The van der Waals surface area contributed by atoms with E-state index in [4.69, 9.17) is 0 Å². The molecule has 0 aromatic heterocycles. The molecule has 0 aliphatic heterocycles. The van der Waals surface area contributed by atoms with Crippen LogP contribution >= 0.6 is 0 Å². The second-order valence-electron chi connectivity index (χ2n) is 5.36. The second kappa shape index (κ2) is 5.08. The Morgan fingerprint density at radius 3 is 2.35 bits per heavy atom. The first-order chi connectivity index (χ1) is 9.67. The Hall–Kier alpha value is -1.58. The van der Waals surface area contributed by atoms with Crippen molar-refractivity contribution >= 4 is 12.6 Å². The monoisotopic (exact) mass is 266 g/mol. The summed E-state index contributed by atoms with van der Waals surface area (Å²) in [7, 11) is -1.40. The zero-order valence-electron chi connectivity index (χ0n) is 12.0. The molecule has 0 fully saturated rings. The van der Waals surface area contributed by atoms with Crippen LogP contribution in [0.4, 0.5) is 0 Å². The van der Waals surface area contributed by atoms with Gasteiger partial charge in [0.25, 0.3) is 0 Å². The summed E-state index contributed by atoms with van der Waals surface area (Å²) in [4.78, 5) is 0. The summed E-state index contributed by atoms with van der Waals surface area (Å²) in [6, 6.07) is 10.4. The average molecular weight is 266 g/mol. The summed E-state index contributed by atoms with van der Waals surface area (Å²) >= 11 is 0. The number of fused-ring (bicyclic) bond motifs is 3. The maximum atomic E-state index is 9.69. The van der Waals surface area contributed by atoms with Crippen LogP contribution in [-0.4, -0.2) is 17.2 Å². The number of hydrogen-bond donors (Lipinski definition) is 2. The second-order valence-corrected chi connectivity index (χ2v) is 5.36. The maximum Gasteiger partial charge on any atom is 0.488 e. The van der Waals surface area contributed by atoms with E-state index in [2.05, 4.69) is 32.0 Å². The lowest BCUT2D eigenvalue weighted by Crippen LogP contribution is -2.34. The van der Waals surface area contributed by atoms with Gasteiger partial charge in [0.2, 0.25) is 0 Å². The Bertz CT molecular complexity index is 662. The van der Waals surface area contributed by atoms with Gasteiger partial charge >= 0.3 is 7.12 Å². The molecular weight excluding hydrogens is 247 g/mol. The lowest BCUT2D eigenvalue weighted by Gasteiger charge is -2.17. The van der Waals surface area contributed by atoms with Gasteiger partial charge in [0.05, 0.1) is 0 Å². The minimum atomic E-state index is -1.40. The number of rotatable bonds is 3. The summed E-state index contributed by atoms with van der Waals surface area (Å²) < 4.78 is 0. The van der Waals surface area contributed by atoms with Crippen LogP contribution in [0.3, 0.4) is 0 Å². The largest absolute Gasteiger partial charge is 0.488 e. The fourth-order valence-electron chi connectivity index (χ4n) is 3.49. The predicted molar refractivity (Wildman–Crippen MR) is 83.3 cm³/mol. The molecular formula is C17H19BO2. The molecule has 0 saturated carbocycles. The average Bonchev–Trinajstić information content (AvgIpc) is 2.83. The van der Waals surface area contributed by atoms with Crippen molar-refractivity contribution < 1.29 is 10.0 Å². The van der Waals surface area contributed by atoms with E-state index < -0.39 is 7.12 Å². The fraction of sp³-hybridized carbons (Fsp3) is 0.294. The lowest BCUT2D eigenvalue weighted by molar-refractivity contribution is 0.425. The van der Waals surface area contributed by atoms with Crippen molar-refractivity contribution in [1.82, 2.24) is 0 Å². The molecule has 0 heterocycles. The highest BCUT2D eigenvalue weighted by atomic mass is 16.4. The summed E-state index contributed by atoms with van der Waals surface area (Å²) in [5.41, 5.74) is 8.19. The van der Waals surface area contributed by atoms with Gasteiger partial charge < -0.3 is 10.0 Å². The molecule has 2 N–H and O–H groups in total. The summed E-state index contributed by atoms with van der Waals surface area (Å²) in [5.74, 6) is 0. The highest BCUT2D eigenvalue weighted by molar-refractivity contribution is 6.59. The van der Waals surface area contributed by atoms with Crippen LogP contribution in [0.15, 0.2) is 30.3 Å². The Balaban J connectivity index is 2.30. The van der Waals surface area contributed by atoms with Gasteiger partial charge in [-0.3, -0.25) is 0 Å². The molecule has 3 heteroatoms. The van der Waals surface area contributed by atoms with Crippen molar-refractivity contribution in [3.05, 3.63) is 52.6 Å². The molecule has 0 bridgehead atoms. The predicted octanol–water partition coefficient (Wildman–Crippen LogP) is 2.06. The first-order valence-corrected chi connectivity index (χ1v) is 7.29. The smallest absolute Gasteiger partial charge is 0.423 e. The first-order valence-electron chi connectivity index (χ1n) is 7.29. The quantitative estimate of drug-likeness (QED) is 0.712. The highest BCUT2D eigenvalue weighted by Crippen LogP contribution is 2.39. The van der Waals surface area contributed by atoms with Crippen molar-refractivity contribution in [2.45, 2.75) is 33.1 Å². The highest BCUT2D eigenvalue weighted by Gasteiger charge is 2.27. The van der Waals surface area contributed by atoms with Crippen LogP contribution in [0.2, 0.25) is 0 Å². The molecule has 2 aromatic carbocycles. The molecule has 102 valence electrons. The third-order valence-corrected chi connectivity index (χ3v) is 4.36. The number of hydrogen-bond acceptors (Lipinski definition) is 2. The Morgan fingerprint density at radius 2 is 1.70 bits per heavy atom. The minimum absolute atomic E-state index is 0.666. The van der Waals surface area contributed by atoms with Crippen molar-refractivity contribution in [2.24, 2.45) is 0 Å². The topological polar surface area (TPSA) is 40.5 Å². The van der Waals surface area contributed by atoms with Gasteiger partial charge in [-0.1, -0.05) is 44.2 Å². The van der Waals surface area contributed by atoms with Gasteiger partial charge in [-0.25, -0.2) is 0 Å². The van der Waals surface area contributed by atoms with Gasteiger partial charge in [0.15, 0.2) is 0 Å². The zero-order chi connectivity index (χ0) is 14.3. The standard InChI is InChI=1S/C17H19BO2/c1-3-12-13(4-2)17(18(19)20)10-16-14-8-6-5-7-11(14)9-15(12)16/h5-8,10,19-20H,3-4,9H2,1-2H3. The number of benzene rings is 2. The van der Waals surface area contributed by atoms with E-state index in [0.717, 1.165) is 24.8 Å². The van der Waals surface area contributed by atoms with Crippen LogP contribution in [0.5, 0.6) is 0 Å². The molecule has 2 aromatic rings. The molecule has 0 radical (unpaired) electrons. The minimum Gasteiger partial charge on any atom is -0.423 e. The van der Waals surface area contributed by atoms with Crippen LogP contribution < -0.4 is 5.46 Å². The van der Waals surface area contributed by atoms with E-state index in [1.807, 2.05) is 12.1 Å². The Morgan fingerprint density at radius 1 is 1.00 bits per heavy atom. The lowest BCUT2D eigenvalue weighted by atomic mass is 9.72. The van der Waals surface area contributed by atoms with Crippen LogP contribution in [0.25, 0.3) is 11.1 Å². The van der Waals surface area contributed by atoms with E-state index in [-0.39, 0.29) is 0 Å². The molecule has 0 unspecified atom stereocenters. The summed E-state index contributed by atoms with van der Waals surface area (Å²) in [6.07, 6.45) is 2.73. The maximum absolute atomic E-state index is 9.69. The fourth-order valence-corrected chi connectivity index (χ4v) is 3.49. The van der Waals surface area contributed by atoms with Gasteiger partial charge in [-0.2, -0.15) is 0 Å².